The average molecular weight is 188 g/mol. The van der Waals surface area contributed by atoms with E-state index in [0.717, 1.165) is 12.0 Å². The van der Waals surface area contributed by atoms with E-state index in [4.69, 9.17) is 5.73 Å². The number of carbonyl (C=O) groups excluding carboxylic acids is 1. The van der Waals surface area contributed by atoms with Gasteiger partial charge in [-0.05, 0) is 11.1 Å². The van der Waals surface area contributed by atoms with Crippen LogP contribution in [0.2, 0.25) is 0 Å². The molecule has 1 aliphatic rings. The van der Waals surface area contributed by atoms with E-state index < -0.39 is 0 Å². The lowest BCUT2D eigenvalue weighted by Gasteiger charge is -2.18. The van der Waals surface area contributed by atoms with Gasteiger partial charge in [0.1, 0.15) is 0 Å². The summed E-state index contributed by atoms with van der Waals surface area (Å²) in [4.78, 5) is 15.1. The number of carbonyl (C=O) groups is 1. The maximum atomic E-state index is 10.8. The van der Waals surface area contributed by atoms with Crippen LogP contribution in [0, 0.1) is 0 Å². The molecule has 3 nitrogen and oxygen atoms in total. The highest BCUT2D eigenvalue weighted by Gasteiger charge is 2.18. The molecule has 0 saturated heterocycles. The van der Waals surface area contributed by atoms with Gasteiger partial charge < -0.3 is 5.73 Å². The van der Waals surface area contributed by atoms with Crippen molar-refractivity contribution in [2.75, 3.05) is 0 Å². The van der Waals surface area contributed by atoms with Crippen molar-refractivity contribution < 1.29 is 4.79 Å². The smallest absolute Gasteiger partial charge is 0.219 e. The summed E-state index contributed by atoms with van der Waals surface area (Å²) in [5, 5.41) is 0. The summed E-state index contributed by atoms with van der Waals surface area (Å²) >= 11 is 0. The lowest BCUT2D eigenvalue weighted by atomic mass is 9.94. The lowest BCUT2D eigenvalue weighted by molar-refractivity contribution is -0.118. The molecular weight excluding hydrogens is 176 g/mol. The third-order valence-electron chi connectivity index (χ3n) is 2.41. The van der Waals surface area contributed by atoms with E-state index in [9.17, 15) is 4.79 Å². The molecule has 0 bridgehead atoms. The average Bonchev–Trinajstić information content (AvgIpc) is 2.18. The Bertz CT molecular complexity index is 385. The fourth-order valence-corrected chi connectivity index (χ4v) is 1.76. The second-order valence-electron chi connectivity index (χ2n) is 3.42. The molecule has 1 heterocycles. The summed E-state index contributed by atoms with van der Waals surface area (Å²) in [6.07, 6.45) is 3.01. The van der Waals surface area contributed by atoms with E-state index >= 15 is 0 Å². The minimum atomic E-state index is -0.302. The van der Waals surface area contributed by atoms with Crippen molar-refractivity contribution in [3.8, 4) is 0 Å². The van der Waals surface area contributed by atoms with Crippen molar-refractivity contribution in [1.82, 2.24) is 0 Å². The normalized spacial score (nSPS) is 19.0. The largest absolute Gasteiger partial charge is 0.370 e. The molecule has 0 saturated carbocycles. The number of hydrogen-bond donors (Lipinski definition) is 1. The number of aliphatic imine (C=N–C) groups is 1. The molecule has 3 heteroatoms. The first-order valence-electron chi connectivity index (χ1n) is 4.65. The van der Waals surface area contributed by atoms with Gasteiger partial charge in [0.25, 0.3) is 0 Å². The van der Waals surface area contributed by atoms with Gasteiger partial charge in [-0.15, -0.1) is 0 Å². The molecule has 14 heavy (non-hydrogen) atoms. The van der Waals surface area contributed by atoms with Crippen LogP contribution in [0.3, 0.4) is 0 Å². The summed E-state index contributed by atoms with van der Waals surface area (Å²) < 4.78 is 0. The van der Waals surface area contributed by atoms with E-state index in [2.05, 4.69) is 11.1 Å². The van der Waals surface area contributed by atoms with Crippen LogP contribution in [0.1, 0.15) is 23.6 Å². The molecule has 0 spiro atoms. The van der Waals surface area contributed by atoms with E-state index in [0.29, 0.717) is 6.42 Å². The molecule has 2 rings (SSSR count). The predicted molar refractivity (Wildman–Crippen MR) is 55.2 cm³/mol. The molecule has 0 fully saturated rings. The number of nitrogens with two attached hydrogens (primary N) is 1. The molecule has 1 atom stereocenters. The summed E-state index contributed by atoms with van der Waals surface area (Å²) in [6.45, 7) is 0. The number of primary amides is 1. The second kappa shape index (κ2) is 3.62. The number of nitrogens with zero attached hydrogens (tertiary/aromatic N) is 1. The number of rotatable bonds is 2. The van der Waals surface area contributed by atoms with Gasteiger partial charge >= 0.3 is 0 Å². The van der Waals surface area contributed by atoms with Gasteiger partial charge in [0.2, 0.25) is 5.91 Å². The lowest BCUT2D eigenvalue weighted by Crippen LogP contribution is -2.17. The molecule has 1 aromatic carbocycles. The molecule has 0 radical (unpaired) electrons. The topological polar surface area (TPSA) is 55.5 Å². The predicted octanol–water partition coefficient (Wildman–Crippen LogP) is 1.23. The van der Waals surface area contributed by atoms with Crippen molar-refractivity contribution in [3.05, 3.63) is 35.4 Å². The molecule has 1 aromatic rings. The molecule has 1 aliphatic heterocycles. The molecule has 2 N–H and O–H groups in total. The quantitative estimate of drug-likeness (QED) is 0.745. The van der Waals surface area contributed by atoms with Crippen molar-refractivity contribution in [3.63, 3.8) is 0 Å². The highest BCUT2D eigenvalue weighted by Crippen LogP contribution is 2.27. The summed E-state index contributed by atoms with van der Waals surface area (Å²) in [7, 11) is 0. The Balaban J connectivity index is 2.31. The van der Waals surface area contributed by atoms with Gasteiger partial charge in [-0.2, -0.15) is 0 Å². The SMILES string of the molecule is NC(=O)CC1N=CCc2ccccc21. The zero-order valence-corrected chi connectivity index (χ0v) is 7.81. The number of hydrogen-bond acceptors (Lipinski definition) is 2. The third-order valence-corrected chi connectivity index (χ3v) is 2.41. The Morgan fingerprint density at radius 1 is 1.50 bits per heavy atom. The highest BCUT2D eigenvalue weighted by molar-refractivity contribution is 5.76. The van der Waals surface area contributed by atoms with Crippen LogP contribution in [0.15, 0.2) is 29.3 Å². The van der Waals surface area contributed by atoms with Crippen molar-refractivity contribution in [2.24, 2.45) is 10.7 Å². The van der Waals surface area contributed by atoms with Crippen LogP contribution < -0.4 is 5.73 Å². The minimum absolute atomic E-state index is 0.0718. The molecule has 1 amide bonds. The van der Waals surface area contributed by atoms with Crippen molar-refractivity contribution in [1.29, 1.82) is 0 Å². The number of amides is 1. The Hall–Kier alpha value is -1.64. The van der Waals surface area contributed by atoms with Gasteiger partial charge in [-0.25, -0.2) is 0 Å². The summed E-state index contributed by atoms with van der Waals surface area (Å²) in [6, 6.07) is 7.97. The van der Waals surface area contributed by atoms with Gasteiger partial charge in [-0.3, -0.25) is 9.79 Å². The fraction of sp³-hybridized carbons (Fsp3) is 0.273. The van der Waals surface area contributed by atoms with Crippen LogP contribution >= 0.6 is 0 Å². The monoisotopic (exact) mass is 188 g/mol. The Kier molecular flexibility index (Phi) is 2.31. The van der Waals surface area contributed by atoms with Gasteiger partial charge in [0.05, 0.1) is 12.5 Å². The number of benzene rings is 1. The third kappa shape index (κ3) is 1.66. The van der Waals surface area contributed by atoms with Crippen LogP contribution in [0.4, 0.5) is 0 Å². The zero-order valence-electron chi connectivity index (χ0n) is 7.81. The molecule has 0 aliphatic carbocycles. The first-order valence-corrected chi connectivity index (χ1v) is 4.65. The van der Waals surface area contributed by atoms with E-state index in [1.54, 1.807) is 0 Å². The molecule has 1 unspecified atom stereocenters. The maximum absolute atomic E-state index is 10.8. The maximum Gasteiger partial charge on any atom is 0.219 e. The number of fused-ring (bicyclic) bond motifs is 1. The standard InChI is InChI=1S/C11H12N2O/c12-11(14)7-10-9-4-2-1-3-8(9)5-6-13-10/h1-4,6,10H,5,7H2,(H2,12,14). The zero-order chi connectivity index (χ0) is 9.97. The Labute approximate surface area is 82.6 Å². The van der Waals surface area contributed by atoms with Crippen molar-refractivity contribution in [2.45, 2.75) is 18.9 Å². The molecular formula is C11H12N2O. The summed E-state index contributed by atoms with van der Waals surface area (Å²) in [5.41, 5.74) is 7.54. The van der Waals surface area contributed by atoms with E-state index in [-0.39, 0.29) is 11.9 Å². The minimum Gasteiger partial charge on any atom is -0.370 e. The van der Waals surface area contributed by atoms with Gasteiger partial charge in [0.15, 0.2) is 0 Å². The van der Waals surface area contributed by atoms with Gasteiger partial charge in [-0.1, -0.05) is 24.3 Å². The Morgan fingerprint density at radius 2 is 2.29 bits per heavy atom. The summed E-state index contributed by atoms with van der Waals surface area (Å²) in [5.74, 6) is -0.302. The highest BCUT2D eigenvalue weighted by atomic mass is 16.1. The fourth-order valence-electron chi connectivity index (χ4n) is 1.76. The second-order valence-corrected chi connectivity index (χ2v) is 3.42. The van der Waals surface area contributed by atoms with Gasteiger partial charge in [0, 0.05) is 12.6 Å². The van der Waals surface area contributed by atoms with E-state index in [1.807, 2.05) is 24.4 Å². The Morgan fingerprint density at radius 3 is 3.07 bits per heavy atom. The van der Waals surface area contributed by atoms with Crippen LogP contribution in [-0.2, 0) is 11.2 Å². The van der Waals surface area contributed by atoms with Crippen molar-refractivity contribution >= 4 is 12.1 Å². The molecule has 72 valence electrons. The van der Waals surface area contributed by atoms with Crippen LogP contribution in [0.25, 0.3) is 0 Å². The first kappa shape index (κ1) is 8.94. The first-order chi connectivity index (χ1) is 6.77. The molecule has 0 aromatic heterocycles. The van der Waals surface area contributed by atoms with Crippen LogP contribution in [-0.4, -0.2) is 12.1 Å². The van der Waals surface area contributed by atoms with Crippen LogP contribution in [0.5, 0.6) is 0 Å². The van der Waals surface area contributed by atoms with E-state index in [1.165, 1.54) is 5.56 Å².